The summed E-state index contributed by atoms with van der Waals surface area (Å²) >= 11 is 0. The van der Waals surface area contributed by atoms with E-state index in [1.807, 2.05) is 0 Å². The van der Waals surface area contributed by atoms with Crippen LogP contribution >= 0.6 is 0 Å². The zero-order valence-electron chi connectivity index (χ0n) is 12.9. The zero-order valence-corrected chi connectivity index (χ0v) is 13.7. The Bertz CT molecular complexity index is 959. The van der Waals surface area contributed by atoms with Crippen LogP contribution in [0.2, 0.25) is 0 Å². The zero-order chi connectivity index (χ0) is 18.9. The molecule has 136 valence electrons. The largest absolute Gasteiger partial charge is 0.506 e. The van der Waals surface area contributed by atoms with Crippen molar-refractivity contribution in [2.45, 2.75) is 0 Å². The van der Waals surface area contributed by atoms with Gasteiger partial charge in [-0.25, -0.2) is 18.2 Å². The van der Waals surface area contributed by atoms with Crippen molar-refractivity contribution in [3.8, 4) is 5.75 Å². The van der Waals surface area contributed by atoms with Gasteiger partial charge in [-0.05, 0) is 18.2 Å². The van der Waals surface area contributed by atoms with Gasteiger partial charge in [-0.2, -0.15) is 8.42 Å². The Morgan fingerprint density at radius 3 is 2.62 bits per heavy atom. The summed E-state index contributed by atoms with van der Waals surface area (Å²) in [6.07, 6.45) is 2.91. The van der Waals surface area contributed by atoms with E-state index in [-0.39, 0.29) is 5.69 Å². The molecule has 0 unspecified atom stereocenters. The lowest BCUT2D eigenvalue weighted by molar-refractivity contribution is -0.117. The van der Waals surface area contributed by atoms with Crippen molar-refractivity contribution in [2.75, 3.05) is 21.5 Å². The Hall–Kier alpha value is -3.41. The normalized spacial score (nSPS) is 15.4. The number of urea groups is 1. The number of nitrogens with zero attached hydrogens (tertiary/aromatic N) is 2. The predicted molar refractivity (Wildman–Crippen MR) is 89.4 cm³/mol. The first kappa shape index (κ1) is 17.4. The number of hydrogen-bond acceptors (Lipinski definition) is 6. The van der Waals surface area contributed by atoms with Crippen molar-refractivity contribution < 1.29 is 27.5 Å². The van der Waals surface area contributed by atoms with E-state index < -0.39 is 45.9 Å². The summed E-state index contributed by atoms with van der Waals surface area (Å²) in [5, 5.41) is 14.7. The number of aromatic nitrogens is 1. The third-order valence-electron chi connectivity index (χ3n) is 3.29. The molecule has 26 heavy (non-hydrogen) atoms. The molecule has 12 heteroatoms. The number of halogens is 1. The van der Waals surface area contributed by atoms with E-state index in [2.05, 4.69) is 15.6 Å². The Morgan fingerprint density at radius 2 is 2.04 bits per heavy atom. The molecule has 1 fully saturated rings. The fourth-order valence-corrected chi connectivity index (χ4v) is 3.45. The van der Waals surface area contributed by atoms with Crippen LogP contribution in [-0.2, 0) is 15.0 Å². The second kappa shape index (κ2) is 6.48. The van der Waals surface area contributed by atoms with E-state index in [0.29, 0.717) is 9.99 Å². The lowest BCUT2D eigenvalue weighted by Crippen LogP contribution is -2.30. The quantitative estimate of drug-likeness (QED) is 0.618. The minimum Gasteiger partial charge on any atom is -0.506 e. The fraction of sp³-hybridized carbons (Fsp3) is 0.0714. The van der Waals surface area contributed by atoms with Crippen molar-refractivity contribution in [2.24, 2.45) is 0 Å². The molecule has 0 bridgehead atoms. The third-order valence-corrected chi connectivity index (χ3v) is 4.67. The van der Waals surface area contributed by atoms with Gasteiger partial charge in [-0.3, -0.25) is 9.78 Å². The molecule has 0 aliphatic carbocycles. The molecule has 10 nitrogen and oxygen atoms in total. The van der Waals surface area contributed by atoms with Gasteiger partial charge in [-0.15, -0.1) is 0 Å². The van der Waals surface area contributed by atoms with Crippen LogP contribution in [0.4, 0.5) is 26.2 Å². The van der Waals surface area contributed by atoms with Crippen LogP contribution in [-0.4, -0.2) is 37.0 Å². The van der Waals surface area contributed by atoms with Crippen molar-refractivity contribution in [3.05, 3.63) is 42.5 Å². The SMILES string of the molecule is O=C1CN(c2c(O)cc(NC(=O)Nc3cccnc3)cc2F)S(=O)(=O)N1. The summed E-state index contributed by atoms with van der Waals surface area (Å²) in [5.74, 6) is -2.76. The van der Waals surface area contributed by atoms with Gasteiger partial charge in [0.15, 0.2) is 5.82 Å². The smallest absolute Gasteiger partial charge is 0.326 e. The minimum absolute atomic E-state index is 0.124. The highest BCUT2D eigenvalue weighted by Gasteiger charge is 2.37. The van der Waals surface area contributed by atoms with Crippen molar-refractivity contribution in [3.63, 3.8) is 0 Å². The lowest BCUT2D eigenvalue weighted by atomic mass is 10.2. The molecule has 1 aliphatic heterocycles. The molecule has 1 aromatic heterocycles. The second-order valence-electron chi connectivity index (χ2n) is 5.18. The summed E-state index contributed by atoms with van der Waals surface area (Å²) < 4.78 is 39.9. The molecule has 0 atom stereocenters. The molecule has 3 amide bonds. The number of pyridine rings is 1. The Labute approximate surface area is 146 Å². The monoisotopic (exact) mass is 381 g/mol. The van der Waals surface area contributed by atoms with E-state index in [0.717, 1.165) is 12.1 Å². The van der Waals surface area contributed by atoms with E-state index in [4.69, 9.17) is 0 Å². The molecule has 4 N–H and O–H groups in total. The molecule has 0 spiro atoms. The number of carbonyl (C=O) groups is 2. The average Bonchev–Trinajstić information content (AvgIpc) is 2.80. The van der Waals surface area contributed by atoms with E-state index in [9.17, 15) is 27.5 Å². The van der Waals surface area contributed by atoms with Gasteiger partial charge >= 0.3 is 16.2 Å². The van der Waals surface area contributed by atoms with Gasteiger partial charge in [-0.1, -0.05) is 0 Å². The van der Waals surface area contributed by atoms with Gasteiger partial charge in [0, 0.05) is 18.0 Å². The third kappa shape index (κ3) is 3.49. The number of hydrogen-bond donors (Lipinski definition) is 4. The molecule has 1 aromatic carbocycles. The maximum absolute atomic E-state index is 14.3. The number of nitrogens with one attached hydrogen (secondary N) is 3. The van der Waals surface area contributed by atoms with Crippen LogP contribution in [0, 0.1) is 5.82 Å². The summed E-state index contributed by atoms with van der Waals surface area (Å²) in [7, 11) is -4.28. The molecule has 3 rings (SSSR count). The number of anilines is 3. The van der Waals surface area contributed by atoms with Crippen LogP contribution in [0.15, 0.2) is 36.7 Å². The summed E-state index contributed by atoms with van der Waals surface area (Å²) in [5.41, 5.74) is -0.429. The van der Waals surface area contributed by atoms with Crippen LogP contribution in [0.1, 0.15) is 0 Å². The molecule has 0 saturated carbocycles. The predicted octanol–water partition coefficient (Wildman–Crippen LogP) is 0.751. The number of aromatic hydroxyl groups is 1. The molecular formula is C14H12FN5O5S. The topological polar surface area (TPSA) is 141 Å². The van der Waals surface area contributed by atoms with Gasteiger partial charge in [0.2, 0.25) is 0 Å². The van der Waals surface area contributed by atoms with Crippen LogP contribution < -0.4 is 19.7 Å². The number of benzene rings is 1. The second-order valence-corrected chi connectivity index (χ2v) is 6.78. The Balaban J connectivity index is 1.81. The number of phenols is 1. The number of carbonyl (C=O) groups excluding carboxylic acids is 2. The van der Waals surface area contributed by atoms with Gasteiger partial charge in [0.25, 0.3) is 5.91 Å². The highest BCUT2D eigenvalue weighted by molar-refractivity contribution is 7.92. The fourth-order valence-electron chi connectivity index (χ4n) is 2.28. The molecule has 2 heterocycles. The van der Waals surface area contributed by atoms with Gasteiger partial charge in [0.1, 0.15) is 18.0 Å². The van der Waals surface area contributed by atoms with Crippen LogP contribution in [0.3, 0.4) is 0 Å². The average molecular weight is 381 g/mol. The maximum Gasteiger partial charge on any atom is 0.326 e. The molecule has 2 aromatic rings. The molecular weight excluding hydrogens is 369 g/mol. The minimum atomic E-state index is -4.28. The lowest BCUT2D eigenvalue weighted by Gasteiger charge is -2.18. The van der Waals surface area contributed by atoms with Crippen molar-refractivity contribution in [1.82, 2.24) is 9.71 Å². The van der Waals surface area contributed by atoms with E-state index in [1.54, 1.807) is 16.9 Å². The first-order valence-corrected chi connectivity index (χ1v) is 8.54. The number of amides is 3. The number of rotatable bonds is 3. The van der Waals surface area contributed by atoms with Crippen LogP contribution in [0.5, 0.6) is 5.75 Å². The maximum atomic E-state index is 14.3. The molecule has 0 radical (unpaired) electrons. The first-order valence-electron chi connectivity index (χ1n) is 7.10. The summed E-state index contributed by atoms with van der Waals surface area (Å²) in [4.78, 5) is 26.9. The number of phenolic OH excluding ortho intramolecular Hbond substituents is 1. The van der Waals surface area contributed by atoms with Crippen molar-refractivity contribution >= 4 is 39.2 Å². The Kier molecular flexibility index (Phi) is 4.34. The van der Waals surface area contributed by atoms with Crippen LogP contribution in [0.25, 0.3) is 0 Å². The highest BCUT2D eigenvalue weighted by atomic mass is 32.2. The highest BCUT2D eigenvalue weighted by Crippen LogP contribution is 2.36. The van der Waals surface area contributed by atoms with Gasteiger partial charge < -0.3 is 15.7 Å². The van der Waals surface area contributed by atoms with E-state index in [1.165, 1.54) is 12.4 Å². The summed E-state index contributed by atoms with van der Waals surface area (Å²) in [6.45, 7) is -0.666. The summed E-state index contributed by atoms with van der Waals surface area (Å²) in [6, 6.07) is 4.23. The Morgan fingerprint density at radius 1 is 1.31 bits per heavy atom. The van der Waals surface area contributed by atoms with Gasteiger partial charge in [0.05, 0.1) is 11.9 Å². The molecule has 1 aliphatic rings. The van der Waals surface area contributed by atoms with E-state index >= 15 is 0 Å². The first-order chi connectivity index (χ1) is 12.3. The van der Waals surface area contributed by atoms with Crippen molar-refractivity contribution in [1.29, 1.82) is 0 Å². The molecule has 1 saturated heterocycles. The standard InChI is InChI=1S/C14H12FN5O5S/c15-10-4-9(18-14(23)17-8-2-1-3-16-6-8)5-11(21)13(10)20-7-12(22)19-26(20,24)25/h1-6,21H,7H2,(H,19,22)(H2,17,18,23).